The number of thioether (sulfide) groups is 1. The normalized spacial score (nSPS) is 17.9. The molecular weight excluding hydrogens is 240 g/mol. The molecule has 0 aromatic carbocycles. The molecule has 90 valence electrons. The number of hydrogen-bond donors (Lipinski definition) is 1. The first-order valence-corrected chi connectivity index (χ1v) is 6.07. The topological polar surface area (TPSA) is 71.7 Å². The number of nitrogens with zero attached hydrogens (tertiary/aromatic N) is 2. The minimum absolute atomic E-state index is 0.210. The second-order valence-corrected chi connectivity index (χ2v) is 5.34. The van der Waals surface area contributed by atoms with E-state index in [1.165, 1.54) is 22.4 Å². The largest absolute Gasteiger partial charge is 0.477 e. The third-order valence-electron chi connectivity index (χ3n) is 2.34. The molecule has 0 spiro atoms. The minimum atomic E-state index is -1.22. The Morgan fingerprint density at radius 2 is 2.29 bits per heavy atom. The molecule has 0 fully saturated rings. The lowest BCUT2D eigenvalue weighted by molar-refractivity contribution is 0.0694. The van der Waals surface area contributed by atoms with Gasteiger partial charge in [0.2, 0.25) is 0 Å². The van der Waals surface area contributed by atoms with Crippen molar-refractivity contribution in [3.05, 3.63) is 34.2 Å². The second-order valence-electron chi connectivity index (χ2n) is 4.40. The molecule has 6 heteroatoms. The van der Waals surface area contributed by atoms with E-state index in [4.69, 9.17) is 5.11 Å². The maximum atomic E-state index is 11.9. The summed E-state index contributed by atoms with van der Waals surface area (Å²) in [5.74, 6) is -0.432. The Hall–Kier alpha value is -1.56. The van der Waals surface area contributed by atoms with Crippen LogP contribution < -0.4 is 5.56 Å². The molecule has 2 rings (SSSR count). The van der Waals surface area contributed by atoms with Crippen LogP contribution in [-0.4, -0.2) is 32.1 Å². The zero-order chi connectivity index (χ0) is 12.6. The van der Waals surface area contributed by atoms with Gasteiger partial charge in [0, 0.05) is 11.9 Å². The van der Waals surface area contributed by atoms with Gasteiger partial charge in [-0.15, -0.1) is 0 Å². The van der Waals surface area contributed by atoms with Crippen molar-refractivity contribution in [2.75, 3.05) is 5.75 Å². The molecule has 0 aliphatic carbocycles. The van der Waals surface area contributed by atoms with Crippen LogP contribution in [0.4, 0.5) is 0 Å². The van der Waals surface area contributed by atoms with Gasteiger partial charge in [-0.25, -0.2) is 4.79 Å². The average molecular weight is 252 g/mol. The third kappa shape index (κ3) is 2.26. The molecule has 1 aromatic rings. The van der Waals surface area contributed by atoms with E-state index < -0.39 is 11.5 Å². The van der Waals surface area contributed by atoms with Gasteiger partial charge in [0.05, 0.1) is 5.54 Å². The molecule has 0 saturated carbocycles. The zero-order valence-electron chi connectivity index (χ0n) is 9.51. The Kier molecular flexibility index (Phi) is 2.82. The van der Waals surface area contributed by atoms with E-state index in [9.17, 15) is 9.59 Å². The maximum Gasteiger partial charge on any atom is 0.341 e. The molecule has 17 heavy (non-hydrogen) atoms. The van der Waals surface area contributed by atoms with Crippen LogP contribution in [0.2, 0.25) is 0 Å². The van der Waals surface area contributed by atoms with Crippen LogP contribution in [0.25, 0.3) is 0 Å². The Labute approximate surface area is 102 Å². The predicted octanol–water partition coefficient (Wildman–Crippen LogP) is 1.28. The number of aliphatic imine (C=N–C) groups is 1. The highest BCUT2D eigenvalue weighted by molar-refractivity contribution is 8.14. The van der Waals surface area contributed by atoms with Gasteiger partial charge in [0.1, 0.15) is 5.56 Å². The number of aromatic nitrogens is 1. The summed E-state index contributed by atoms with van der Waals surface area (Å²) in [6, 6.07) is 2.84. The highest BCUT2D eigenvalue weighted by Crippen LogP contribution is 2.27. The molecule has 1 aliphatic heterocycles. The van der Waals surface area contributed by atoms with Crippen LogP contribution in [0.15, 0.2) is 28.1 Å². The average Bonchev–Trinajstić information content (AvgIpc) is 2.58. The number of carboxylic acids is 1. The predicted molar refractivity (Wildman–Crippen MR) is 67.0 cm³/mol. The van der Waals surface area contributed by atoms with Gasteiger partial charge >= 0.3 is 5.97 Å². The van der Waals surface area contributed by atoms with E-state index >= 15 is 0 Å². The van der Waals surface area contributed by atoms with E-state index in [1.807, 2.05) is 13.8 Å². The molecule has 0 amide bonds. The number of carboxylic acid groups (broad SMARTS) is 1. The second kappa shape index (κ2) is 4.03. The van der Waals surface area contributed by atoms with Crippen LogP contribution in [0.3, 0.4) is 0 Å². The lowest BCUT2D eigenvalue weighted by Crippen LogP contribution is -2.29. The lowest BCUT2D eigenvalue weighted by atomic mass is 10.1. The fourth-order valence-electron chi connectivity index (χ4n) is 1.50. The van der Waals surface area contributed by atoms with Crippen LogP contribution in [0.1, 0.15) is 24.2 Å². The molecule has 0 radical (unpaired) electrons. The lowest BCUT2D eigenvalue weighted by Gasteiger charge is -2.09. The third-order valence-corrected chi connectivity index (χ3v) is 3.73. The van der Waals surface area contributed by atoms with Gasteiger partial charge < -0.3 is 5.11 Å². The van der Waals surface area contributed by atoms with Gasteiger partial charge in [-0.2, -0.15) is 0 Å². The van der Waals surface area contributed by atoms with Crippen molar-refractivity contribution in [3.8, 4) is 0 Å². The quantitative estimate of drug-likeness (QED) is 0.817. The van der Waals surface area contributed by atoms with Crippen molar-refractivity contribution in [1.82, 2.24) is 4.57 Å². The first-order valence-electron chi connectivity index (χ1n) is 5.09. The Balaban J connectivity index is 2.52. The van der Waals surface area contributed by atoms with Crippen molar-refractivity contribution in [2.45, 2.75) is 19.4 Å². The molecule has 5 nitrogen and oxygen atoms in total. The number of aromatic carboxylic acids is 1. The van der Waals surface area contributed by atoms with Crippen LogP contribution >= 0.6 is 11.8 Å². The molecule has 0 saturated heterocycles. The van der Waals surface area contributed by atoms with Gasteiger partial charge in [-0.1, -0.05) is 11.8 Å². The molecule has 0 unspecified atom stereocenters. The Morgan fingerprint density at radius 1 is 1.59 bits per heavy atom. The first kappa shape index (κ1) is 11.9. The van der Waals surface area contributed by atoms with E-state index in [0.29, 0.717) is 5.17 Å². The first-order chi connectivity index (χ1) is 7.91. The van der Waals surface area contributed by atoms with Crippen molar-refractivity contribution in [3.63, 3.8) is 0 Å². The van der Waals surface area contributed by atoms with Gasteiger partial charge in [-0.3, -0.25) is 14.4 Å². The number of carbonyl (C=O) groups is 1. The maximum absolute atomic E-state index is 11.9. The summed E-state index contributed by atoms with van der Waals surface area (Å²) in [6.45, 7) is 3.94. The highest BCUT2D eigenvalue weighted by atomic mass is 32.2. The molecule has 1 aliphatic rings. The zero-order valence-corrected chi connectivity index (χ0v) is 10.3. The molecule has 1 aromatic heterocycles. The summed E-state index contributed by atoms with van der Waals surface area (Å²) in [5, 5.41) is 9.43. The van der Waals surface area contributed by atoms with E-state index in [0.717, 1.165) is 5.75 Å². The summed E-state index contributed by atoms with van der Waals surface area (Å²) >= 11 is 1.46. The van der Waals surface area contributed by atoms with Gasteiger partial charge in [0.25, 0.3) is 5.56 Å². The SMILES string of the molecule is CC1(C)CSC(n2cccc(C(=O)O)c2=O)=N1. The summed E-state index contributed by atoms with van der Waals surface area (Å²) in [7, 11) is 0. The summed E-state index contributed by atoms with van der Waals surface area (Å²) in [4.78, 5) is 27.2. The fraction of sp³-hybridized carbons (Fsp3) is 0.364. The smallest absolute Gasteiger partial charge is 0.341 e. The van der Waals surface area contributed by atoms with Crippen molar-refractivity contribution in [1.29, 1.82) is 0 Å². The standard InChI is InChI=1S/C11H12N2O3S/c1-11(2)6-17-10(12-11)13-5-3-4-7(8(13)14)9(15)16/h3-5H,6H2,1-2H3,(H,15,16). The van der Waals surface area contributed by atoms with E-state index in [-0.39, 0.29) is 11.1 Å². The molecule has 0 bridgehead atoms. The van der Waals surface area contributed by atoms with Crippen LogP contribution in [0.5, 0.6) is 0 Å². The van der Waals surface area contributed by atoms with Crippen molar-refractivity contribution in [2.24, 2.45) is 4.99 Å². The minimum Gasteiger partial charge on any atom is -0.477 e. The Bertz CT molecular complexity index is 560. The summed E-state index contributed by atoms with van der Waals surface area (Å²) < 4.78 is 1.29. The van der Waals surface area contributed by atoms with Gasteiger partial charge in [0.15, 0.2) is 5.17 Å². The fourth-order valence-corrected chi connectivity index (χ4v) is 2.64. The highest BCUT2D eigenvalue weighted by Gasteiger charge is 2.27. The van der Waals surface area contributed by atoms with Crippen LogP contribution in [-0.2, 0) is 0 Å². The van der Waals surface area contributed by atoms with Crippen molar-refractivity contribution < 1.29 is 9.90 Å². The molecule has 2 heterocycles. The molecular formula is C11H12N2O3S. The summed E-state index contributed by atoms with van der Waals surface area (Å²) in [5.41, 5.74) is -0.983. The molecule has 0 atom stereocenters. The monoisotopic (exact) mass is 252 g/mol. The summed E-state index contributed by atoms with van der Waals surface area (Å²) in [6.07, 6.45) is 1.54. The number of pyridine rings is 1. The molecule has 1 N–H and O–H groups in total. The Morgan fingerprint density at radius 3 is 2.82 bits per heavy atom. The van der Waals surface area contributed by atoms with Crippen LogP contribution in [0, 0.1) is 0 Å². The van der Waals surface area contributed by atoms with E-state index in [1.54, 1.807) is 12.3 Å². The number of rotatable bonds is 1. The van der Waals surface area contributed by atoms with Crippen molar-refractivity contribution >= 4 is 22.9 Å². The van der Waals surface area contributed by atoms with Gasteiger partial charge in [-0.05, 0) is 26.0 Å². The van der Waals surface area contributed by atoms with E-state index in [2.05, 4.69) is 4.99 Å². The number of hydrogen-bond acceptors (Lipinski definition) is 4.